The van der Waals surface area contributed by atoms with E-state index in [1.807, 2.05) is 6.20 Å². The Morgan fingerprint density at radius 3 is 1.70 bits per heavy atom. The fourth-order valence-corrected chi connectivity index (χ4v) is 6.80. The van der Waals surface area contributed by atoms with Crippen molar-refractivity contribution in [1.82, 2.24) is 14.1 Å². The summed E-state index contributed by atoms with van der Waals surface area (Å²) in [6.45, 7) is 0. The lowest BCUT2D eigenvalue weighted by Crippen LogP contribution is -1.97. The number of hydrogen-bond acceptors (Lipinski definition) is 1. The number of para-hydroxylation sites is 4. The maximum atomic E-state index is 5.13. The molecule has 3 heteroatoms. The lowest BCUT2D eigenvalue weighted by molar-refractivity contribution is 1.16. The molecule has 0 amide bonds. The molecule has 0 saturated heterocycles. The van der Waals surface area contributed by atoms with Crippen molar-refractivity contribution in [2.24, 2.45) is 0 Å². The van der Waals surface area contributed by atoms with Gasteiger partial charge in [-0.2, -0.15) is 0 Å². The van der Waals surface area contributed by atoms with Crippen LogP contribution >= 0.6 is 0 Å². The molecular weight excluding hydrogens is 534 g/mol. The summed E-state index contributed by atoms with van der Waals surface area (Å²) < 4.78 is 4.71. The van der Waals surface area contributed by atoms with Gasteiger partial charge in [0.05, 0.1) is 34.0 Å². The molecule has 0 fully saturated rings. The molecule has 3 nitrogen and oxygen atoms in total. The van der Waals surface area contributed by atoms with E-state index < -0.39 is 0 Å². The van der Waals surface area contributed by atoms with Gasteiger partial charge in [-0.05, 0) is 53.6 Å². The minimum absolute atomic E-state index is 0.962. The van der Waals surface area contributed by atoms with Crippen LogP contribution in [0.3, 0.4) is 0 Å². The van der Waals surface area contributed by atoms with Gasteiger partial charge in [0.15, 0.2) is 0 Å². The van der Waals surface area contributed by atoms with Crippen LogP contribution in [0.5, 0.6) is 0 Å². The number of aromatic nitrogens is 3. The second-order valence-electron chi connectivity index (χ2n) is 11.2. The zero-order valence-corrected chi connectivity index (χ0v) is 23.9. The molecule has 0 saturated carbocycles. The average molecular weight is 562 g/mol. The summed E-state index contributed by atoms with van der Waals surface area (Å²) in [5.74, 6) is 0. The van der Waals surface area contributed by atoms with E-state index in [4.69, 9.17) is 4.98 Å². The molecule has 0 aliphatic carbocycles. The number of rotatable bonds is 4. The third kappa shape index (κ3) is 3.73. The Labute approximate surface area is 254 Å². The molecule has 3 heterocycles. The smallest absolute Gasteiger partial charge is 0.0731 e. The number of nitrogens with zero attached hydrogens (tertiary/aromatic N) is 3. The lowest BCUT2D eigenvalue weighted by Gasteiger charge is -2.12. The molecule has 6 aromatic carbocycles. The predicted octanol–water partition coefficient (Wildman–Crippen LogP) is 10.6. The molecule has 0 aliphatic heterocycles. The first-order valence-corrected chi connectivity index (χ1v) is 15.0. The number of hydrogen-bond donors (Lipinski definition) is 0. The molecule has 0 spiro atoms. The number of pyridine rings is 1. The summed E-state index contributed by atoms with van der Waals surface area (Å²) in [6, 6.07) is 56.2. The zero-order chi connectivity index (χ0) is 29.0. The SMILES string of the molecule is c1ccc(-c2ccc(-n3c4ccccc4c4cccc(-c5cc6c7ccccc7n(-c7ccccc7)c6cn5)c43)cc2)cc1. The van der Waals surface area contributed by atoms with Crippen LogP contribution in [0.1, 0.15) is 0 Å². The molecular formula is C41H27N3. The third-order valence-corrected chi connectivity index (χ3v) is 8.78. The van der Waals surface area contributed by atoms with Crippen LogP contribution in [-0.2, 0) is 0 Å². The van der Waals surface area contributed by atoms with E-state index in [-0.39, 0.29) is 0 Å². The van der Waals surface area contributed by atoms with E-state index in [1.165, 1.54) is 49.2 Å². The number of benzene rings is 6. The molecule has 0 N–H and O–H groups in total. The van der Waals surface area contributed by atoms with Crippen LogP contribution in [0.25, 0.3) is 77.4 Å². The highest BCUT2D eigenvalue weighted by Crippen LogP contribution is 2.40. The summed E-state index contributed by atoms with van der Waals surface area (Å²) in [5, 5.41) is 4.87. The van der Waals surface area contributed by atoms with Gasteiger partial charge in [0.2, 0.25) is 0 Å². The highest BCUT2D eigenvalue weighted by molar-refractivity contribution is 6.15. The molecule has 9 aromatic rings. The molecule has 0 atom stereocenters. The lowest BCUT2D eigenvalue weighted by atomic mass is 10.0. The van der Waals surface area contributed by atoms with Crippen LogP contribution in [-0.4, -0.2) is 14.1 Å². The molecule has 0 radical (unpaired) electrons. The van der Waals surface area contributed by atoms with Crippen LogP contribution in [0.15, 0.2) is 164 Å². The van der Waals surface area contributed by atoms with Gasteiger partial charge in [0.25, 0.3) is 0 Å². The molecule has 9 rings (SSSR count). The molecule has 3 aromatic heterocycles. The molecule has 0 unspecified atom stereocenters. The van der Waals surface area contributed by atoms with Crippen molar-refractivity contribution in [3.05, 3.63) is 164 Å². The molecule has 44 heavy (non-hydrogen) atoms. The van der Waals surface area contributed by atoms with Gasteiger partial charge in [-0.25, -0.2) is 0 Å². The summed E-state index contributed by atoms with van der Waals surface area (Å²) >= 11 is 0. The van der Waals surface area contributed by atoms with Crippen molar-refractivity contribution >= 4 is 43.6 Å². The summed E-state index contributed by atoms with van der Waals surface area (Å²) in [7, 11) is 0. The Morgan fingerprint density at radius 2 is 0.955 bits per heavy atom. The monoisotopic (exact) mass is 561 g/mol. The van der Waals surface area contributed by atoms with Crippen molar-refractivity contribution in [3.63, 3.8) is 0 Å². The fourth-order valence-electron chi connectivity index (χ4n) is 6.80. The number of fused-ring (bicyclic) bond motifs is 6. The topological polar surface area (TPSA) is 22.8 Å². The van der Waals surface area contributed by atoms with Crippen LogP contribution < -0.4 is 0 Å². The standard InChI is InChI=1S/C41H27N3/c1-3-12-28(13-4-1)29-22-24-31(25-23-29)44-39-21-10-7-16-32(39)34-18-11-19-35(41(34)44)37-26-36-33-17-8-9-20-38(33)43(40(36)27-42-37)30-14-5-2-6-15-30/h1-27H. The van der Waals surface area contributed by atoms with E-state index in [1.54, 1.807) is 0 Å². The first-order chi connectivity index (χ1) is 21.8. The Hall–Kier alpha value is -5.93. The van der Waals surface area contributed by atoms with Gasteiger partial charge >= 0.3 is 0 Å². The van der Waals surface area contributed by atoms with Crippen molar-refractivity contribution in [2.75, 3.05) is 0 Å². The zero-order valence-electron chi connectivity index (χ0n) is 23.9. The van der Waals surface area contributed by atoms with Gasteiger partial charge in [0, 0.05) is 38.5 Å². The quantitative estimate of drug-likeness (QED) is 0.210. The van der Waals surface area contributed by atoms with Crippen molar-refractivity contribution in [2.45, 2.75) is 0 Å². The summed E-state index contributed by atoms with van der Waals surface area (Å²) in [5.41, 5.74) is 11.4. The summed E-state index contributed by atoms with van der Waals surface area (Å²) in [6.07, 6.45) is 2.04. The Morgan fingerprint density at radius 1 is 0.386 bits per heavy atom. The normalized spacial score (nSPS) is 11.6. The van der Waals surface area contributed by atoms with Crippen LogP contribution in [0, 0.1) is 0 Å². The minimum Gasteiger partial charge on any atom is -0.309 e. The highest BCUT2D eigenvalue weighted by Gasteiger charge is 2.19. The van der Waals surface area contributed by atoms with Gasteiger partial charge in [0.1, 0.15) is 0 Å². The maximum absolute atomic E-state index is 5.13. The Kier molecular flexibility index (Phi) is 5.50. The first-order valence-electron chi connectivity index (χ1n) is 15.0. The van der Waals surface area contributed by atoms with Crippen LogP contribution in [0.4, 0.5) is 0 Å². The Balaban J connectivity index is 1.29. The van der Waals surface area contributed by atoms with Crippen molar-refractivity contribution in [3.8, 4) is 33.8 Å². The van der Waals surface area contributed by atoms with Gasteiger partial charge < -0.3 is 9.13 Å². The van der Waals surface area contributed by atoms with Gasteiger partial charge in [-0.1, -0.05) is 115 Å². The van der Waals surface area contributed by atoms with E-state index in [0.29, 0.717) is 0 Å². The van der Waals surface area contributed by atoms with E-state index >= 15 is 0 Å². The van der Waals surface area contributed by atoms with Crippen molar-refractivity contribution < 1.29 is 0 Å². The average Bonchev–Trinajstić information content (AvgIpc) is 3.62. The van der Waals surface area contributed by atoms with Gasteiger partial charge in [-0.15, -0.1) is 0 Å². The van der Waals surface area contributed by atoms with E-state index in [2.05, 4.69) is 167 Å². The molecule has 0 aliphatic rings. The molecule has 0 bridgehead atoms. The second kappa shape index (κ2) is 9.82. The highest BCUT2D eigenvalue weighted by atomic mass is 15.0. The maximum Gasteiger partial charge on any atom is 0.0731 e. The predicted molar refractivity (Wildman–Crippen MR) is 184 cm³/mol. The minimum atomic E-state index is 0.962. The third-order valence-electron chi connectivity index (χ3n) is 8.78. The van der Waals surface area contributed by atoms with E-state index in [9.17, 15) is 0 Å². The second-order valence-corrected chi connectivity index (χ2v) is 11.2. The van der Waals surface area contributed by atoms with Crippen molar-refractivity contribution in [1.29, 1.82) is 0 Å². The fraction of sp³-hybridized carbons (Fsp3) is 0. The Bertz CT molecular complexity index is 2470. The molecule has 206 valence electrons. The van der Waals surface area contributed by atoms with Gasteiger partial charge in [-0.3, -0.25) is 4.98 Å². The first kappa shape index (κ1) is 24.6. The summed E-state index contributed by atoms with van der Waals surface area (Å²) in [4.78, 5) is 5.13. The van der Waals surface area contributed by atoms with E-state index in [0.717, 1.165) is 28.1 Å². The largest absolute Gasteiger partial charge is 0.309 e. The van der Waals surface area contributed by atoms with Crippen LogP contribution in [0.2, 0.25) is 0 Å².